The van der Waals surface area contributed by atoms with Crippen LogP contribution in [-0.4, -0.2) is 26.7 Å². The first-order valence-electron chi connectivity index (χ1n) is 3.75. The first-order chi connectivity index (χ1) is 4.95. The summed E-state index contributed by atoms with van der Waals surface area (Å²) >= 11 is -2.06. The van der Waals surface area contributed by atoms with Gasteiger partial charge in [0, 0.05) is 17.8 Å². The number of hydrogen-bond acceptors (Lipinski definition) is 2. The van der Waals surface area contributed by atoms with Gasteiger partial charge in [0.1, 0.15) is 0 Å². The summed E-state index contributed by atoms with van der Waals surface area (Å²) < 4.78 is 22.1. The second-order valence-corrected chi connectivity index (χ2v) is 4.31. The SMILES string of the molecule is CC(C)C(C)CN(C)S(=O)[O-]. The van der Waals surface area contributed by atoms with E-state index >= 15 is 0 Å². The summed E-state index contributed by atoms with van der Waals surface area (Å²) in [4.78, 5) is 0. The van der Waals surface area contributed by atoms with E-state index in [1.807, 2.05) is 6.92 Å². The van der Waals surface area contributed by atoms with Gasteiger partial charge < -0.3 is 4.55 Å². The molecule has 68 valence electrons. The fraction of sp³-hybridized carbons (Fsp3) is 1.00. The Morgan fingerprint density at radius 3 is 2.18 bits per heavy atom. The highest BCUT2D eigenvalue weighted by Crippen LogP contribution is 2.10. The van der Waals surface area contributed by atoms with E-state index in [0.717, 1.165) is 0 Å². The molecule has 2 unspecified atom stereocenters. The molecule has 11 heavy (non-hydrogen) atoms. The maximum atomic E-state index is 10.4. The van der Waals surface area contributed by atoms with Crippen LogP contribution in [0.4, 0.5) is 0 Å². The molecule has 0 heterocycles. The fourth-order valence-corrected chi connectivity index (χ4v) is 1.03. The number of hydrogen-bond donors (Lipinski definition) is 0. The van der Waals surface area contributed by atoms with Crippen LogP contribution < -0.4 is 0 Å². The van der Waals surface area contributed by atoms with Gasteiger partial charge in [-0.05, 0) is 18.9 Å². The van der Waals surface area contributed by atoms with E-state index in [-0.39, 0.29) is 0 Å². The van der Waals surface area contributed by atoms with Gasteiger partial charge in [-0.1, -0.05) is 20.8 Å². The summed E-state index contributed by atoms with van der Waals surface area (Å²) in [5, 5.41) is 0. The predicted molar refractivity (Wildman–Crippen MR) is 45.6 cm³/mol. The van der Waals surface area contributed by atoms with Gasteiger partial charge in [0.05, 0.1) is 0 Å². The Labute approximate surface area is 71.2 Å². The van der Waals surface area contributed by atoms with Crippen molar-refractivity contribution in [2.45, 2.75) is 20.8 Å². The lowest BCUT2D eigenvalue weighted by Crippen LogP contribution is -2.28. The molecule has 0 fully saturated rings. The molecule has 2 atom stereocenters. The first-order valence-corrected chi connectivity index (χ1v) is 4.78. The summed E-state index contributed by atoms with van der Waals surface area (Å²) in [6.45, 7) is 6.83. The topological polar surface area (TPSA) is 43.4 Å². The van der Waals surface area contributed by atoms with E-state index in [0.29, 0.717) is 18.4 Å². The molecule has 0 aromatic carbocycles. The third-order valence-corrected chi connectivity index (χ3v) is 2.60. The average molecular weight is 178 g/mol. The van der Waals surface area contributed by atoms with E-state index in [9.17, 15) is 8.76 Å². The van der Waals surface area contributed by atoms with Crippen molar-refractivity contribution >= 4 is 11.3 Å². The zero-order chi connectivity index (χ0) is 9.02. The molecule has 0 aromatic rings. The van der Waals surface area contributed by atoms with E-state index in [2.05, 4.69) is 13.8 Å². The molecule has 0 N–H and O–H groups in total. The third-order valence-electron chi connectivity index (χ3n) is 1.94. The van der Waals surface area contributed by atoms with Crippen molar-refractivity contribution in [2.75, 3.05) is 13.6 Å². The van der Waals surface area contributed by atoms with Crippen LogP contribution in [0, 0.1) is 11.8 Å². The van der Waals surface area contributed by atoms with E-state index in [1.54, 1.807) is 7.05 Å². The molecule has 0 radical (unpaired) electrons. The molecule has 0 aliphatic rings. The van der Waals surface area contributed by atoms with Crippen LogP contribution in [0.3, 0.4) is 0 Å². The Bertz CT molecular complexity index is 138. The molecule has 0 amide bonds. The molecular weight excluding hydrogens is 162 g/mol. The second-order valence-electron chi connectivity index (χ2n) is 3.25. The van der Waals surface area contributed by atoms with E-state index in [1.165, 1.54) is 4.31 Å². The number of rotatable bonds is 4. The van der Waals surface area contributed by atoms with Crippen LogP contribution in [0.5, 0.6) is 0 Å². The smallest absolute Gasteiger partial charge is 0.0206 e. The fourth-order valence-electron chi connectivity index (χ4n) is 0.677. The zero-order valence-corrected chi connectivity index (χ0v) is 8.35. The Morgan fingerprint density at radius 2 is 1.91 bits per heavy atom. The van der Waals surface area contributed by atoms with Crippen LogP contribution in [0.25, 0.3) is 0 Å². The highest BCUT2D eigenvalue weighted by molar-refractivity contribution is 7.76. The van der Waals surface area contributed by atoms with Crippen molar-refractivity contribution in [1.82, 2.24) is 4.31 Å². The Hall–Kier alpha value is 0.0700. The van der Waals surface area contributed by atoms with Crippen molar-refractivity contribution in [3.8, 4) is 0 Å². The first kappa shape index (κ1) is 11.1. The van der Waals surface area contributed by atoms with Crippen LogP contribution >= 0.6 is 0 Å². The molecule has 0 aromatic heterocycles. The molecule has 0 spiro atoms. The van der Waals surface area contributed by atoms with Crippen molar-refractivity contribution in [2.24, 2.45) is 11.8 Å². The lowest BCUT2D eigenvalue weighted by Gasteiger charge is -2.24. The largest absolute Gasteiger partial charge is 0.760 e. The van der Waals surface area contributed by atoms with Crippen LogP contribution in [0.15, 0.2) is 0 Å². The zero-order valence-electron chi connectivity index (χ0n) is 7.53. The third kappa shape index (κ3) is 4.50. The molecule has 0 aliphatic heterocycles. The van der Waals surface area contributed by atoms with Crippen LogP contribution in [0.1, 0.15) is 20.8 Å². The summed E-state index contributed by atoms with van der Waals surface area (Å²) in [6.07, 6.45) is 0. The lowest BCUT2D eigenvalue weighted by atomic mass is 9.98. The van der Waals surface area contributed by atoms with Crippen LogP contribution in [0.2, 0.25) is 0 Å². The monoisotopic (exact) mass is 178 g/mol. The Balaban J connectivity index is 3.75. The standard InChI is InChI=1S/C7H17NO2S/c1-6(2)7(3)5-8(4)11(9)10/h6-7H,5H2,1-4H3,(H,9,10)/p-1. The van der Waals surface area contributed by atoms with E-state index < -0.39 is 11.3 Å². The van der Waals surface area contributed by atoms with Crippen LogP contribution in [-0.2, 0) is 11.3 Å². The average Bonchev–Trinajstić information content (AvgIpc) is 1.87. The summed E-state index contributed by atoms with van der Waals surface area (Å²) in [6, 6.07) is 0. The molecule has 4 heteroatoms. The molecular formula is C7H16NO2S-. The Kier molecular flexibility index (Phi) is 4.88. The van der Waals surface area contributed by atoms with Gasteiger partial charge in [0.2, 0.25) is 0 Å². The maximum Gasteiger partial charge on any atom is 0.0206 e. The minimum atomic E-state index is -2.06. The van der Waals surface area contributed by atoms with Gasteiger partial charge in [-0.3, -0.25) is 4.21 Å². The van der Waals surface area contributed by atoms with Crippen molar-refractivity contribution in [1.29, 1.82) is 0 Å². The van der Waals surface area contributed by atoms with Crippen molar-refractivity contribution in [3.05, 3.63) is 0 Å². The molecule has 0 bridgehead atoms. The highest BCUT2D eigenvalue weighted by Gasteiger charge is 2.09. The summed E-state index contributed by atoms with van der Waals surface area (Å²) in [5.41, 5.74) is 0. The Morgan fingerprint density at radius 1 is 1.45 bits per heavy atom. The van der Waals surface area contributed by atoms with Gasteiger partial charge in [-0.15, -0.1) is 0 Å². The lowest BCUT2D eigenvalue weighted by molar-refractivity contribution is 0.325. The van der Waals surface area contributed by atoms with Gasteiger partial charge >= 0.3 is 0 Å². The maximum absolute atomic E-state index is 10.4. The van der Waals surface area contributed by atoms with Gasteiger partial charge in [0.15, 0.2) is 0 Å². The number of nitrogens with zero attached hydrogens (tertiary/aromatic N) is 1. The predicted octanol–water partition coefficient (Wildman–Crippen LogP) is 1.00. The highest BCUT2D eigenvalue weighted by atomic mass is 32.2. The van der Waals surface area contributed by atoms with Gasteiger partial charge in [-0.2, -0.15) is 0 Å². The van der Waals surface area contributed by atoms with Crippen molar-refractivity contribution < 1.29 is 8.76 Å². The normalized spacial score (nSPS) is 17.4. The molecule has 0 saturated heterocycles. The summed E-state index contributed by atoms with van der Waals surface area (Å²) in [7, 11) is 1.59. The quantitative estimate of drug-likeness (QED) is 0.603. The minimum absolute atomic E-state index is 0.415. The molecule has 0 rings (SSSR count). The minimum Gasteiger partial charge on any atom is -0.760 e. The molecule has 3 nitrogen and oxygen atoms in total. The second kappa shape index (κ2) is 4.85. The van der Waals surface area contributed by atoms with Crippen molar-refractivity contribution in [3.63, 3.8) is 0 Å². The summed E-state index contributed by atoms with van der Waals surface area (Å²) in [5.74, 6) is 0.943. The van der Waals surface area contributed by atoms with E-state index in [4.69, 9.17) is 0 Å². The van der Waals surface area contributed by atoms with Gasteiger partial charge in [-0.25, -0.2) is 4.31 Å². The van der Waals surface area contributed by atoms with Gasteiger partial charge in [0.25, 0.3) is 0 Å². The molecule has 0 aliphatic carbocycles. The molecule has 0 saturated carbocycles.